The number of carbonyl (C=O) groups is 1. The van der Waals surface area contributed by atoms with Gasteiger partial charge in [0, 0.05) is 19.1 Å². The number of nitrogens with one attached hydrogen (secondary N) is 1. The molecule has 0 atom stereocenters. The van der Waals surface area contributed by atoms with Gasteiger partial charge in [-0.3, -0.25) is 4.79 Å². The van der Waals surface area contributed by atoms with Gasteiger partial charge >= 0.3 is 0 Å². The highest BCUT2D eigenvalue weighted by Gasteiger charge is 2.10. The van der Waals surface area contributed by atoms with Crippen molar-refractivity contribution in [3.8, 4) is 11.8 Å². The maximum Gasteiger partial charge on any atom is 0.296 e. The van der Waals surface area contributed by atoms with Crippen molar-refractivity contribution >= 4 is 5.91 Å². The first-order valence-electron chi connectivity index (χ1n) is 4.25. The Morgan fingerprint density at radius 1 is 1.46 bits per heavy atom. The summed E-state index contributed by atoms with van der Waals surface area (Å²) < 4.78 is 4.79. The zero-order valence-electron chi connectivity index (χ0n) is 8.73. The first kappa shape index (κ1) is 12.0. The van der Waals surface area contributed by atoms with Crippen molar-refractivity contribution in [2.45, 2.75) is 32.7 Å². The fourth-order valence-electron chi connectivity index (χ4n) is 0.668. The maximum atomic E-state index is 11.1. The van der Waals surface area contributed by atoms with Crippen molar-refractivity contribution in [3.63, 3.8) is 0 Å². The molecular weight excluding hydrogens is 166 g/mol. The van der Waals surface area contributed by atoms with E-state index in [1.807, 2.05) is 20.8 Å². The topological polar surface area (TPSA) is 38.3 Å². The lowest BCUT2D eigenvalue weighted by atomic mass is 10.1. The van der Waals surface area contributed by atoms with E-state index < -0.39 is 0 Å². The summed E-state index contributed by atoms with van der Waals surface area (Å²) in [4.78, 5) is 11.1. The molecule has 0 aliphatic carbocycles. The van der Waals surface area contributed by atoms with Gasteiger partial charge in [0.15, 0.2) is 0 Å². The lowest BCUT2D eigenvalue weighted by molar-refractivity contribution is -0.117. The highest BCUT2D eigenvalue weighted by molar-refractivity contribution is 5.93. The minimum atomic E-state index is -0.233. The van der Waals surface area contributed by atoms with Crippen molar-refractivity contribution in [1.82, 2.24) is 5.32 Å². The van der Waals surface area contributed by atoms with Crippen molar-refractivity contribution in [2.75, 3.05) is 13.7 Å². The van der Waals surface area contributed by atoms with E-state index in [-0.39, 0.29) is 11.4 Å². The molecule has 0 aliphatic heterocycles. The number of hydrogen-bond acceptors (Lipinski definition) is 2. The van der Waals surface area contributed by atoms with Gasteiger partial charge in [-0.05, 0) is 26.7 Å². The predicted molar refractivity (Wildman–Crippen MR) is 52.2 cm³/mol. The predicted octanol–water partition coefficient (Wildman–Crippen LogP) is 0.941. The second kappa shape index (κ2) is 5.60. The molecule has 0 rings (SSSR count). The van der Waals surface area contributed by atoms with Crippen LogP contribution in [0, 0.1) is 11.8 Å². The molecule has 0 bridgehead atoms. The Hall–Kier alpha value is -1.01. The molecule has 1 amide bonds. The van der Waals surface area contributed by atoms with Gasteiger partial charge in [0.25, 0.3) is 5.91 Å². The minimum absolute atomic E-state index is 0.215. The molecule has 0 aliphatic rings. The lowest BCUT2D eigenvalue weighted by Gasteiger charge is -2.17. The molecule has 0 radical (unpaired) electrons. The summed E-state index contributed by atoms with van der Waals surface area (Å²) >= 11 is 0. The van der Waals surface area contributed by atoms with E-state index in [0.29, 0.717) is 13.0 Å². The average Bonchev–Trinajstić information content (AvgIpc) is 1.94. The Morgan fingerprint density at radius 3 is 2.54 bits per heavy atom. The highest BCUT2D eigenvalue weighted by Crippen LogP contribution is 1.96. The fourth-order valence-corrected chi connectivity index (χ4v) is 0.668. The largest absolute Gasteiger partial charge is 0.384 e. The Balaban J connectivity index is 3.78. The molecule has 0 saturated carbocycles. The quantitative estimate of drug-likeness (QED) is 0.511. The molecule has 3 nitrogen and oxygen atoms in total. The van der Waals surface area contributed by atoms with Crippen molar-refractivity contribution in [3.05, 3.63) is 0 Å². The second-order valence-corrected chi connectivity index (χ2v) is 3.75. The van der Waals surface area contributed by atoms with E-state index in [1.165, 1.54) is 0 Å². The first-order valence-corrected chi connectivity index (χ1v) is 4.25. The zero-order valence-corrected chi connectivity index (χ0v) is 8.73. The van der Waals surface area contributed by atoms with Gasteiger partial charge in [-0.15, -0.1) is 0 Å². The van der Waals surface area contributed by atoms with Gasteiger partial charge in [0.05, 0.1) is 6.61 Å². The second-order valence-electron chi connectivity index (χ2n) is 3.75. The van der Waals surface area contributed by atoms with Crippen molar-refractivity contribution < 1.29 is 9.53 Å². The Morgan fingerprint density at radius 2 is 2.08 bits per heavy atom. The van der Waals surface area contributed by atoms with Crippen LogP contribution in [-0.4, -0.2) is 25.2 Å². The third-order valence-electron chi connectivity index (χ3n) is 1.12. The van der Waals surface area contributed by atoms with Gasteiger partial charge < -0.3 is 10.1 Å². The molecule has 0 unspecified atom stereocenters. The van der Waals surface area contributed by atoms with Crippen LogP contribution in [0.3, 0.4) is 0 Å². The van der Waals surface area contributed by atoms with E-state index in [4.69, 9.17) is 4.74 Å². The van der Waals surface area contributed by atoms with Crippen LogP contribution in [0.2, 0.25) is 0 Å². The van der Waals surface area contributed by atoms with Crippen molar-refractivity contribution in [2.24, 2.45) is 0 Å². The number of ether oxygens (including phenoxy) is 1. The Bertz CT molecular complexity index is 217. The van der Waals surface area contributed by atoms with E-state index in [2.05, 4.69) is 17.2 Å². The van der Waals surface area contributed by atoms with Crippen LogP contribution in [-0.2, 0) is 9.53 Å². The van der Waals surface area contributed by atoms with E-state index in [0.717, 1.165) is 0 Å². The van der Waals surface area contributed by atoms with Gasteiger partial charge in [0.2, 0.25) is 0 Å². The molecule has 0 aromatic carbocycles. The normalized spacial score (nSPS) is 10.2. The average molecular weight is 183 g/mol. The molecule has 13 heavy (non-hydrogen) atoms. The summed E-state index contributed by atoms with van der Waals surface area (Å²) in [5.41, 5.74) is -0.215. The van der Waals surface area contributed by atoms with Crippen LogP contribution < -0.4 is 5.32 Å². The van der Waals surface area contributed by atoms with Crippen LogP contribution in [0.5, 0.6) is 0 Å². The minimum Gasteiger partial charge on any atom is -0.384 e. The van der Waals surface area contributed by atoms with Crippen LogP contribution in [0.25, 0.3) is 0 Å². The number of hydrogen-bond donors (Lipinski definition) is 1. The van der Waals surface area contributed by atoms with Crippen molar-refractivity contribution in [1.29, 1.82) is 0 Å². The smallest absolute Gasteiger partial charge is 0.296 e. The van der Waals surface area contributed by atoms with Gasteiger partial charge in [-0.1, -0.05) is 5.92 Å². The number of carbonyl (C=O) groups excluding carboxylic acids is 1. The van der Waals surface area contributed by atoms with E-state index in [9.17, 15) is 4.79 Å². The van der Waals surface area contributed by atoms with Gasteiger partial charge in [0.1, 0.15) is 0 Å². The monoisotopic (exact) mass is 183 g/mol. The molecule has 0 fully saturated rings. The van der Waals surface area contributed by atoms with Crippen LogP contribution in [0.15, 0.2) is 0 Å². The molecule has 0 saturated heterocycles. The standard InChI is InChI=1S/C10H17NO2/c1-10(2,3)11-9(12)7-5-6-8-13-4/h6,8H2,1-4H3,(H,11,12). The summed E-state index contributed by atoms with van der Waals surface area (Å²) in [5, 5.41) is 2.74. The lowest BCUT2D eigenvalue weighted by Crippen LogP contribution is -2.39. The van der Waals surface area contributed by atoms with Crippen LogP contribution in [0.1, 0.15) is 27.2 Å². The van der Waals surface area contributed by atoms with E-state index >= 15 is 0 Å². The van der Waals surface area contributed by atoms with Gasteiger partial charge in [-0.25, -0.2) is 0 Å². The third-order valence-corrected chi connectivity index (χ3v) is 1.12. The summed E-state index contributed by atoms with van der Waals surface area (Å²) in [6.07, 6.45) is 0.591. The number of rotatable bonds is 2. The molecule has 0 aromatic rings. The molecular formula is C10H17NO2. The summed E-state index contributed by atoms with van der Waals surface area (Å²) in [5.74, 6) is 4.98. The Kier molecular flexibility index (Phi) is 5.17. The summed E-state index contributed by atoms with van der Waals surface area (Å²) in [6, 6.07) is 0. The Labute approximate surface area is 79.8 Å². The maximum absolute atomic E-state index is 11.1. The van der Waals surface area contributed by atoms with Gasteiger partial charge in [-0.2, -0.15) is 0 Å². The van der Waals surface area contributed by atoms with E-state index in [1.54, 1.807) is 7.11 Å². The molecule has 1 N–H and O–H groups in total. The van der Waals surface area contributed by atoms with Crippen LogP contribution in [0.4, 0.5) is 0 Å². The molecule has 74 valence electrons. The first-order chi connectivity index (χ1) is 5.95. The highest BCUT2D eigenvalue weighted by atomic mass is 16.5. The van der Waals surface area contributed by atoms with Crippen LogP contribution >= 0.6 is 0 Å². The fraction of sp³-hybridized carbons (Fsp3) is 0.700. The number of amides is 1. The summed E-state index contributed by atoms with van der Waals surface area (Å²) in [6.45, 7) is 6.32. The molecule has 0 aromatic heterocycles. The third kappa shape index (κ3) is 8.90. The SMILES string of the molecule is COCCC#CC(=O)NC(C)(C)C. The molecule has 0 spiro atoms. The molecule has 3 heteroatoms. The zero-order chi connectivity index (χ0) is 10.3. The summed E-state index contributed by atoms with van der Waals surface area (Å²) in [7, 11) is 1.61. The molecule has 0 heterocycles. The number of methoxy groups -OCH3 is 1.